The summed E-state index contributed by atoms with van der Waals surface area (Å²) in [6.45, 7) is 4.69. The van der Waals surface area contributed by atoms with E-state index in [2.05, 4.69) is 55.4 Å². The maximum atomic E-state index is 12.6. The first-order valence-corrected chi connectivity index (χ1v) is 18.6. The lowest BCUT2D eigenvalue weighted by molar-refractivity contribution is -0.253. The minimum absolute atomic E-state index is 0.00146. The van der Waals surface area contributed by atoms with Crippen LogP contribution in [0.15, 0.2) is 91.3 Å². The van der Waals surface area contributed by atoms with Crippen LogP contribution in [0.3, 0.4) is 0 Å². The van der Waals surface area contributed by atoms with Crippen LogP contribution in [0.1, 0.15) is 79.6 Å². The molecule has 0 unspecified atom stereocenters. The van der Waals surface area contributed by atoms with Crippen LogP contribution in [0, 0.1) is 0 Å². The molecule has 280 valence electrons. The number of benzene rings is 3. The number of hydrogen-bond donors (Lipinski definition) is 4. The van der Waals surface area contributed by atoms with E-state index in [9.17, 15) is 14.7 Å². The lowest BCUT2D eigenvalue weighted by atomic mass is 9.97. The van der Waals surface area contributed by atoms with Gasteiger partial charge in [-0.25, -0.2) is 15.4 Å². The monoisotopic (exact) mass is 722 g/mol. The topological polar surface area (TPSA) is 149 Å². The van der Waals surface area contributed by atoms with Crippen molar-refractivity contribution in [3.05, 3.63) is 114 Å². The molecule has 0 saturated carbocycles. The highest BCUT2D eigenvalue weighted by molar-refractivity contribution is 5.76. The number of aliphatic hydroxyl groups excluding tert-OH is 1. The van der Waals surface area contributed by atoms with Crippen molar-refractivity contribution in [2.24, 2.45) is 0 Å². The second kappa shape index (κ2) is 19.4. The Kier molecular flexibility index (Phi) is 13.9. The van der Waals surface area contributed by atoms with Crippen LogP contribution in [0.2, 0.25) is 0 Å². The number of unbranched alkanes of at least 4 members (excludes halogenated alkanes) is 3. The van der Waals surface area contributed by atoms with Gasteiger partial charge in [-0.15, -0.1) is 0 Å². The molecule has 12 nitrogen and oxygen atoms in total. The van der Waals surface area contributed by atoms with E-state index in [1.807, 2.05) is 48.5 Å². The van der Waals surface area contributed by atoms with Crippen molar-refractivity contribution >= 4 is 17.8 Å². The molecule has 2 amide bonds. The van der Waals surface area contributed by atoms with E-state index >= 15 is 0 Å². The maximum Gasteiger partial charge on any atom is 0.243 e. The Hall–Kier alpha value is -4.72. The predicted molar refractivity (Wildman–Crippen MR) is 200 cm³/mol. The van der Waals surface area contributed by atoms with Gasteiger partial charge in [0, 0.05) is 76.5 Å². The molecule has 2 aliphatic rings. The van der Waals surface area contributed by atoms with Crippen LogP contribution in [-0.4, -0.2) is 75.8 Å². The first-order valence-electron chi connectivity index (χ1n) is 18.6. The van der Waals surface area contributed by atoms with Gasteiger partial charge in [0.05, 0.1) is 18.8 Å². The zero-order valence-electron chi connectivity index (χ0n) is 30.1. The number of hydroxylamine groups is 1. The summed E-state index contributed by atoms with van der Waals surface area (Å²) >= 11 is 0. The van der Waals surface area contributed by atoms with E-state index in [1.165, 1.54) is 0 Å². The van der Waals surface area contributed by atoms with Crippen LogP contribution in [0.25, 0.3) is 11.1 Å². The minimum atomic E-state index is -0.550. The molecule has 2 aliphatic heterocycles. The summed E-state index contributed by atoms with van der Waals surface area (Å²) in [5.41, 5.74) is 7.62. The molecule has 0 aliphatic carbocycles. The van der Waals surface area contributed by atoms with Gasteiger partial charge in [0.2, 0.25) is 17.8 Å². The van der Waals surface area contributed by atoms with E-state index < -0.39 is 6.29 Å². The minimum Gasteiger partial charge on any atom is -0.392 e. The largest absolute Gasteiger partial charge is 0.392 e. The summed E-state index contributed by atoms with van der Waals surface area (Å²) in [6, 6.07) is 26.2. The molecule has 53 heavy (non-hydrogen) atoms. The summed E-state index contributed by atoms with van der Waals surface area (Å²) in [4.78, 5) is 37.2. The van der Waals surface area contributed by atoms with Crippen LogP contribution in [-0.2, 0) is 32.2 Å². The van der Waals surface area contributed by atoms with Gasteiger partial charge in [-0.1, -0.05) is 85.6 Å². The predicted octanol–water partition coefficient (Wildman–Crippen LogP) is 5.47. The van der Waals surface area contributed by atoms with Crippen LogP contribution < -0.4 is 15.7 Å². The molecule has 0 spiro atoms. The fourth-order valence-corrected chi connectivity index (χ4v) is 6.94. The van der Waals surface area contributed by atoms with Crippen molar-refractivity contribution in [1.82, 2.24) is 25.7 Å². The third kappa shape index (κ3) is 10.9. The zero-order chi connectivity index (χ0) is 36.8. The quantitative estimate of drug-likeness (QED) is 0.0667. The summed E-state index contributed by atoms with van der Waals surface area (Å²) < 4.78 is 13.3. The van der Waals surface area contributed by atoms with Crippen molar-refractivity contribution in [1.29, 1.82) is 0 Å². The number of piperazine rings is 1. The highest BCUT2D eigenvalue weighted by atomic mass is 16.7. The number of carbonyl (C=O) groups excluding carboxylic acids is 2. The highest BCUT2D eigenvalue weighted by Crippen LogP contribution is 2.39. The third-order valence-electron chi connectivity index (χ3n) is 9.95. The molecule has 3 heterocycles. The Morgan fingerprint density at radius 2 is 1.45 bits per heavy atom. The number of carbonyl (C=O) groups is 2. The van der Waals surface area contributed by atoms with Crippen molar-refractivity contribution < 1.29 is 29.4 Å². The zero-order valence-corrected chi connectivity index (χ0v) is 30.1. The summed E-state index contributed by atoms with van der Waals surface area (Å²) in [5.74, 6) is 0.383. The molecular weight excluding hydrogens is 672 g/mol. The second-order valence-corrected chi connectivity index (χ2v) is 13.7. The van der Waals surface area contributed by atoms with E-state index in [0.717, 1.165) is 97.7 Å². The van der Waals surface area contributed by atoms with Gasteiger partial charge in [-0.05, 0) is 46.7 Å². The van der Waals surface area contributed by atoms with Crippen LogP contribution in [0.5, 0.6) is 0 Å². The van der Waals surface area contributed by atoms with Gasteiger partial charge in [-0.3, -0.25) is 19.7 Å². The maximum absolute atomic E-state index is 12.6. The van der Waals surface area contributed by atoms with Gasteiger partial charge in [0.1, 0.15) is 0 Å². The molecule has 4 aromatic rings. The molecule has 0 radical (unpaired) electrons. The SMILES string of the molecule is O=C(CCCCCCC(=O)NCc1ccccc1-c1ccc([C@H]2O[C@@H](CN3CCN(c4ncccn4)CC3)C[C@@H](c3ccc(CO)cc3)O2)cc1)NO. The third-order valence-corrected chi connectivity index (χ3v) is 9.95. The number of rotatable bonds is 16. The van der Waals surface area contributed by atoms with Crippen molar-refractivity contribution in [2.75, 3.05) is 37.6 Å². The Morgan fingerprint density at radius 3 is 2.15 bits per heavy atom. The van der Waals surface area contributed by atoms with E-state index in [1.54, 1.807) is 17.9 Å². The summed E-state index contributed by atoms with van der Waals surface area (Å²) in [7, 11) is 0. The Bertz CT molecular complexity index is 1730. The van der Waals surface area contributed by atoms with Crippen LogP contribution in [0.4, 0.5) is 5.95 Å². The first-order chi connectivity index (χ1) is 26.0. The summed E-state index contributed by atoms with van der Waals surface area (Å²) in [5, 5.41) is 21.3. The number of nitrogens with one attached hydrogen (secondary N) is 2. The normalized spacial score (nSPS) is 19.1. The van der Waals surface area contributed by atoms with Crippen LogP contribution >= 0.6 is 0 Å². The average Bonchev–Trinajstić information content (AvgIpc) is 3.22. The Morgan fingerprint density at radius 1 is 0.774 bits per heavy atom. The molecule has 6 rings (SSSR count). The van der Waals surface area contributed by atoms with E-state index in [-0.39, 0.29) is 37.0 Å². The molecule has 2 saturated heterocycles. The van der Waals surface area contributed by atoms with Crippen molar-refractivity contribution in [2.45, 2.75) is 76.6 Å². The van der Waals surface area contributed by atoms with Gasteiger partial charge >= 0.3 is 0 Å². The molecule has 1 aromatic heterocycles. The van der Waals surface area contributed by atoms with Gasteiger partial charge < -0.3 is 24.8 Å². The molecule has 2 fully saturated rings. The molecule has 12 heteroatoms. The average molecular weight is 723 g/mol. The highest BCUT2D eigenvalue weighted by Gasteiger charge is 2.34. The number of anilines is 1. The van der Waals surface area contributed by atoms with Crippen molar-refractivity contribution in [3.63, 3.8) is 0 Å². The van der Waals surface area contributed by atoms with Crippen molar-refractivity contribution in [3.8, 4) is 11.1 Å². The van der Waals surface area contributed by atoms with Gasteiger partial charge in [-0.2, -0.15) is 0 Å². The molecule has 4 N–H and O–H groups in total. The van der Waals surface area contributed by atoms with E-state index in [0.29, 0.717) is 19.4 Å². The molecular formula is C41H50N6O6. The number of hydrogen-bond acceptors (Lipinski definition) is 10. The Balaban J connectivity index is 1.07. The number of aromatic nitrogens is 2. The Labute approximate surface area is 311 Å². The first kappa shape index (κ1) is 38.0. The lowest BCUT2D eigenvalue weighted by Crippen LogP contribution is -2.50. The summed E-state index contributed by atoms with van der Waals surface area (Å²) in [6.07, 6.45) is 7.34. The van der Waals surface area contributed by atoms with Gasteiger partial charge in [0.25, 0.3) is 0 Å². The number of aliphatic hydroxyl groups is 1. The lowest BCUT2D eigenvalue weighted by Gasteiger charge is -2.40. The second-order valence-electron chi connectivity index (χ2n) is 13.7. The number of ether oxygens (including phenoxy) is 2. The fraction of sp³-hybridized carbons (Fsp3) is 0.415. The molecule has 3 atom stereocenters. The standard InChI is InChI=1S/C41H50N6O6/c48-29-30-12-14-32(15-13-30)37-26-35(28-46-22-24-47(25-23-46)41-42-20-7-21-43-41)52-40(53-37)33-18-16-31(17-19-33)36-9-6-5-8-34(36)27-44-38(49)10-3-1-2-4-11-39(50)45-51/h5-9,12-21,35,37,40,48,51H,1-4,10-11,22-29H2,(H,44,49)(H,45,50)/t35-,37+,40+/m1/s1. The molecule has 3 aromatic carbocycles. The molecule has 0 bridgehead atoms. The smallest absolute Gasteiger partial charge is 0.243 e. The number of nitrogens with zero attached hydrogens (tertiary/aromatic N) is 4. The van der Waals surface area contributed by atoms with Gasteiger partial charge in [0.15, 0.2) is 6.29 Å². The van der Waals surface area contributed by atoms with E-state index in [4.69, 9.17) is 14.7 Å². The number of amides is 2. The fourth-order valence-electron chi connectivity index (χ4n) is 6.94.